The van der Waals surface area contributed by atoms with Gasteiger partial charge in [-0.05, 0) is 48.6 Å². The highest BCUT2D eigenvalue weighted by molar-refractivity contribution is 7.80. The molecule has 0 unspecified atom stereocenters. The number of carbonyl (C=O) groups excluding carboxylic acids is 1. The molecule has 0 spiro atoms. The van der Waals surface area contributed by atoms with Crippen molar-refractivity contribution in [1.82, 2.24) is 10.3 Å². The molecule has 0 fully saturated rings. The van der Waals surface area contributed by atoms with Gasteiger partial charge >= 0.3 is 0 Å². The molecular weight excluding hydrogens is 386 g/mol. The zero-order valence-corrected chi connectivity index (χ0v) is 16.5. The van der Waals surface area contributed by atoms with Gasteiger partial charge in [0.2, 0.25) is 0 Å². The molecule has 27 heavy (non-hydrogen) atoms. The number of hydrogen-bond donors (Lipinski definition) is 2. The first-order valence-corrected chi connectivity index (χ1v) is 9.05. The lowest BCUT2D eigenvalue weighted by Gasteiger charge is -2.10. The number of thiazole rings is 1. The summed E-state index contributed by atoms with van der Waals surface area (Å²) in [6, 6.07) is 10.5. The second-order valence-corrected chi connectivity index (χ2v) is 6.77. The summed E-state index contributed by atoms with van der Waals surface area (Å²) >= 11 is 6.63. The minimum atomic E-state index is -0.365. The quantitative estimate of drug-likeness (QED) is 0.632. The highest BCUT2D eigenvalue weighted by Crippen LogP contribution is 2.29. The molecule has 2 aromatic carbocycles. The zero-order chi connectivity index (χ0) is 19.4. The lowest BCUT2D eigenvalue weighted by atomic mass is 10.2. The van der Waals surface area contributed by atoms with E-state index in [9.17, 15) is 4.79 Å². The number of methoxy groups -OCH3 is 3. The number of anilines is 1. The number of aromatic nitrogens is 1. The van der Waals surface area contributed by atoms with E-state index in [4.69, 9.17) is 26.4 Å². The van der Waals surface area contributed by atoms with Crippen LogP contribution >= 0.6 is 23.6 Å². The van der Waals surface area contributed by atoms with Crippen LogP contribution in [0.25, 0.3) is 10.2 Å². The molecule has 0 aliphatic heterocycles. The summed E-state index contributed by atoms with van der Waals surface area (Å²) in [5.41, 5.74) is 1.21. The van der Waals surface area contributed by atoms with Crippen LogP contribution in [0.3, 0.4) is 0 Å². The van der Waals surface area contributed by atoms with Crippen LogP contribution in [-0.4, -0.2) is 37.3 Å². The van der Waals surface area contributed by atoms with Crippen LogP contribution in [0.15, 0.2) is 36.4 Å². The molecule has 0 atom stereocenters. The third kappa shape index (κ3) is 4.26. The maximum absolute atomic E-state index is 12.4. The van der Waals surface area contributed by atoms with Crippen LogP contribution in [0.1, 0.15) is 10.4 Å². The lowest BCUT2D eigenvalue weighted by Crippen LogP contribution is -2.34. The zero-order valence-electron chi connectivity index (χ0n) is 14.9. The summed E-state index contributed by atoms with van der Waals surface area (Å²) in [5, 5.41) is 6.29. The van der Waals surface area contributed by atoms with Crippen molar-refractivity contribution in [2.24, 2.45) is 0 Å². The molecule has 1 amide bonds. The number of thiocarbonyl (C=S) groups is 1. The Morgan fingerprint density at radius 1 is 1.04 bits per heavy atom. The summed E-state index contributed by atoms with van der Waals surface area (Å²) in [7, 11) is 4.65. The van der Waals surface area contributed by atoms with Crippen molar-refractivity contribution in [3.8, 4) is 17.2 Å². The molecule has 0 bridgehead atoms. The Bertz CT molecular complexity index is 1000. The molecule has 0 saturated heterocycles. The average molecular weight is 403 g/mol. The number of carbonyl (C=O) groups is 1. The molecule has 0 radical (unpaired) electrons. The van der Waals surface area contributed by atoms with E-state index in [0.717, 1.165) is 16.0 Å². The van der Waals surface area contributed by atoms with Gasteiger partial charge in [0.25, 0.3) is 5.91 Å². The third-order valence-electron chi connectivity index (χ3n) is 3.69. The van der Waals surface area contributed by atoms with Gasteiger partial charge in [-0.1, -0.05) is 11.3 Å². The molecule has 1 aromatic heterocycles. The Balaban J connectivity index is 1.69. The molecule has 0 aliphatic rings. The van der Waals surface area contributed by atoms with Crippen LogP contribution in [0.2, 0.25) is 0 Å². The first-order valence-electron chi connectivity index (χ1n) is 7.83. The predicted octanol–water partition coefficient (Wildman–Crippen LogP) is 3.45. The van der Waals surface area contributed by atoms with E-state index in [-0.39, 0.29) is 11.0 Å². The predicted molar refractivity (Wildman–Crippen MR) is 109 cm³/mol. The van der Waals surface area contributed by atoms with E-state index in [0.29, 0.717) is 22.2 Å². The first-order chi connectivity index (χ1) is 13.0. The van der Waals surface area contributed by atoms with E-state index in [2.05, 4.69) is 15.6 Å². The van der Waals surface area contributed by atoms with Gasteiger partial charge in [0.15, 0.2) is 21.7 Å². The largest absolute Gasteiger partial charge is 0.497 e. The minimum absolute atomic E-state index is 0.154. The fourth-order valence-corrected chi connectivity index (χ4v) is 3.52. The molecular formula is C18H17N3O4S2. The van der Waals surface area contributed by atoms with Gasteiger partial charge in [-0.15, -0.1) is 0 Å². The van der Waals surface area contributed by atoms with Crippen LogP contribution in [-0.2, 0) is 0 Å². The number of hydrogen-bond acceptors (Lipinski definition) is 7. The summed E-state index contributed by atoms with van der Waals surface area (Å²) in [6.45, 7) is 0. The smallest absolute Gasteiger partial charge is 0.257 e. The van der Waals surface area contributed by atoms with Crippen molar-refractivity contribution in [3.05, 3.63) is 42.0 Å². The van der Waals surface area contributed by atoms with Gasteiger partial charge in [0.1, 0.15) is 5.75 Å². The van der Waals surface area contributed by atoms with Crippen LogP contribution in [0.5, 0.6) is 17.2 Å². The Labute approximate surface area is 165 Å². The molecule has 1 heterocycles. The minimum Gasteiger partial charge on any atom is -0.497 e. The number of ether oxygens (including phenoxy) is 3. The molecule has 140 valence electrons. The second-order valence-electron chi connectivity index (χ2n) is 5.33. The van der Waals surface area contributed by atoms with Crippen LogP contribution in [0, 0.1) is 0 Å². The van der Waals surface area contributed by atoms with E-state index < -0.39 is 0 Å². The van der Waals surface area contributed by atoms with Crippen LogP contribution in [0.4, 0.5) is 5.13 Å². The van der Waals surface area contributed by atoms with Crippen molar-refractivity contribution in [1.29, 1.82) is 0 Å². The van der Waals surface area contributed by atoms with E-state index >= 15 is 0 Å². The maximum Gasteiger partial charge on any atom is 0.257 e. The van der Waals surface area contributed by atoms with Gasteiger partial charge in [-0.25, -0.2) is 4.98 Å². The van der Waals surface area contributed by atoms with E-state index in [1.165, 1.54) is 25.6 Å². The molecule has 0 saturated carbocycles. The lowest BCUT2D eigenvalue weighted by molar-refractivity contribution is 0.0977. The Kier molecular flexibility index (Phi) is 5.72. The number of nitrogens with zero attached hydrogens (tertiary/aromatic N) is 1. The number of fused-ring (bicyclic) bond motifs is 1. The third-order valence-corrected chi connectivity index (χ3v) is 4.83. The van der Waals surface area contributed by atoms with Gasteiger partial charge in [-0.3, -0.25) is 10.1 Å². The topological polar surface area (TPSA) is 81.7 Å². The van der Waals surface area contributed by atoms with Gasteiger partial charge < -0.3 is 19.5 Å². The number of benzene rings is 2. The van der Waals surface area contributed by atoms with Gasteiger partial charge in [-0.2, -0.15) is 0 Å². The van der Waals surface area contributed by atoms with Crippen molar-refractivity contribution in [3.63, 3.8) is 0 Å². The summed E-state index contributed by atoms with van der Waals surface area (Å²) in [5.74, 6) is 1.39. The average Bonchev–Trinajstić information content (AvgIpc) is 3.08. The number of nitrogens with one attached hydrogen (secondary N) is 2. The SMILES string of the molecule is COc1ccc2nc(NC(=S)NC(=O)c3ccc(OC)c(OC)c3)sc2c1. The Morgan fingerprint density at radius 2 is 1.81 bits per heavy atom. The van der Waals surface area contributed by atoms with Gasteiger partial charge in [0.05, 0.1) is 31.5 Å². The van der Waals surface area contributed by atoms with Crippen LogP contribution < -0.4 is 24.8 Å². The van der Waals surface area contributed by atoms with Crippen molar-refractivity contribution in [2.45, 2.75) is 0 Å². The fourth-order valence-electron chi connectivity index (χ4n) is 2.37. The van der Waals surface area contributed by atoms with Crippen molar-refractivity contribution in [2.75, 3.05) is 26.6 Å². The molecule has 3 rings (SSSR count). The Hall–Kier alpha value is -2.91. The monoisotopic (exact) mass is 403 g/mol. The standard InChI is InChI=1S/C18H17N3O4S2/c1-23-11-5-6-12-15(9-11)27-18(19-12)21-17(26)20-16(22)10-4-7-13(24-2)14(8-10)25-3/h4-9H,1-3H3,(H2,19,20,21,22,26). The Morgan fingerprint density at radius 3 is 2.52 bits per heavy atom. The second kappa shape index (κ2) is 8.19. The molecule has 2 N–H and O–H groups in total. The number of rotatable bonds is 5. The summed E-state index contributed by atoms with van der Waals surface area (Å²) in [4.78, 5) is 16.8. The number of amides is 1. The van der Waals surface area contributed by atoms with E-state index in [1.54, 1.807) is 25.3 Å². The summed E-state index contributed by atoms with van der Waals surface area (Å²) < 4.78 is 16.5. The normalized spacial score (nSPS) is 10.3. The first kappa shape index (κ1) is 18.9. The molecule has 9 heteroatoms. The molecule has 7 nitrogen and oxygen atoms in total. The van der Waals surface area contributed by atoms with Crippen molar-refractivity contribution >= 4 is 49.9 Å². The highest BCUT2D eigenvalue weighted by Gasteiger charge is 2.13. The molecule has 0 aliphatic carbocycles. The maximum atomic E-state index is 12.4. The molecule has 3 aromatic rings. The summed E-state index contributed by atoms with van der Waals surface area (Å²) in [6.07, 6.45) is 0. The highest BCUT2D eigenvalue weighted by atomic mass is 32.1. The van der Waals surface area contributed by atoms with Gasteiger partial charge in [0, 0.05) is 5.56 Å². The van der Waals surface area contributed by atoms with Crippen molar-refractivity contribution < 1.29 is 19.0 Å². The van der Waals surface area contributed by atoms with E-state index in [1.807, 2.05) is 18.2 Å². The fraction of sp³-hybridized carbons (Fsp3) is 0.167.